The number of nitrogens with zero attached hydrogens (tertiary/aromatic N) is 4. The van der Waals surface area contributed by atoms with Crippen LogP contribution in [0.4, 0.5) is 0 Å². The van der Waals surface area contributed by atoms with Gasteiger partial charge in [-0.3, -0.25) is 9.78 Å². The number of carbonyl (C=O) groups excluding carboxylic acids is 1. The van der Waals surface area contributed by atoms with Gasteiger partial charge < -0.3 is 4.90 Å². The van der Waals surface area contributed by atoms with Gasteiger partial charge in [0.15, 0.2) is 5.69 Å². The van der Waals surface area contributed by atoms with Crippen molar-refractivity contribution in [2.75, 3.05) is 0 Å². The van der Waals surface area contributed by atoms with Gasteiger partial charge in [-0.05, 0) is 34.0 Å². The monoisotopic (exact) mass is 299 g/mol. The molecule has 7 heteroatoms. The number of rotatable bonds is 5. The Morgan fingerprint density at radius 3 is 2.81 bits per heavy atom. The first-order valence-corrected chi connectivity index (χ1v) is 7.32. The largest absolute Gasteiger partial charge is 0.328 e. The lowest BCUT2D eigenvalue weighted by atomic mass is 10.2. The summed E-state index contributed by atoms with van der Waals surface area (Å²) < 4.78 is 0. The van der Waals surface area contributed by atoms with Crippen LogP contribution in [0, 0.1) is 0 Å². The quantitative estimate of drug-likeness (QED) is 0.783. The molecule has 0 bridgehead atoms. The molecule has 0 aliphatic carbocycles. The summed E-state index contributed by atoms with van der Waals surface area (Å²) in [6, 6.07) is 5.82. The van der Waals surface area contributed by atoms with E-state index >= 15 is 0 Å². The highest BCUT2D eigenvalue weighted by atomic mass is 32.1. The van der Waals surface area contributed by atoms with E-state index in [4.69, 9.17) is 0 Å². The maximum Gasteiger partial charge on any atom is 0.276 e. The van der Waals surface area contributed by atoms with Crippen LogP contribution in [0.2, 0.25) is 0 Å². The van der Waals surface area contributed by atoms with E-state index < -0.39 is 0 Å². The number of pyridine rings is 1. The second-order valence-corrected chi connectivity index (χ2v) is 5.29. The zero-order chi connectivity index (χ0) is 14.5. The second-order valence-electron chi connectivity index (χ2n) is 4.51. The Bertz CT molecular complexity index is 682. The summed E-state index contributed by atoms with van der Waals surface area (Å²) in [6.45, 7) is 1.01. The fourth-order valence-electron chi connectivity index (χ4n) is 1.98. The lowest BCUT2D eigenvalue weighted by molar-refractivity contribution is 0.0724. The maximum atomic E-state index is 12.5. The third kappa shape index (κ3) is 3.32. The van der Waals surface area contributed by atoms with Gasteiger partial charge in [0, 0.05) is 25.5 Å². The number of nitrogens with one attached hydrogen (secondary N) is 1. The van der Waals surface area contributed by atoms with E-state index in [1.54, 1.807) is 28.6 Å². The van der Waals surface area contributed by atoms with Gasteiger partial charge >= 0.3 is 0 Å². The van der Waals surface area contributed by atoms with E-state index in [9.17, 15) is 4.79 Å². The fourth-order valence-corrected chi connectivity index (χ4v) is 2.64. The van der Waals surface area contributed by atoms with Crippen LogP contribution in [0.25, 0.3) is 0 Å². The van der Waals surface area contributed by atoms with Crippen molar-refractivity contribution < 1.29 is 4.79 Å². The van der Waals surface area contributed by atoms with E-state index in [0.29, 0.717) is 18.8 Å². The molecule has 6 nitrogen and oxygen atoms in total. The molecule has 0 aliphatic rings. The Labute approximate surface area is 125 Å². The van der Waals surface area contributed by atoms with Crippen molar-refractivity contribution in [2.24, 2.45) is 0 Å². The first-order chi connectivity index (χ1) is 10.3. The van der Waals surface area contributed by atoms with Crippen molar-refractivity contribution in [3.05, 3.63) is 64.4 Å². The fraction of sp³-hybridized carbons (Fsp3) is 0.143. The van der Waals surface area contributed by atoms with Gasteiger partial charge in [0.1, 0.15) is 0 Å². The van der Waals surface area contributed by atoms with E-state index in [0.717, 1.165) is 11.1 Å². The van der Waals surface area contributed by atoms with Crippen molar-refractivity contribution in [1.82, 2.24) is 25.3 Å². The van der Waals surface area contributed by atoms with E-state index in [1.165, 1.54) is 6.20 Å². The number of aromatic amines is 1. The van der Waals surface area contributed by atoms with Crippen molar-refractivity contribution in [3.63, 3.8) is 0 Å². The topological polar surface area (TPSA) is 74.8 Å². The van der Waals surface area contributed by atoms with Gasteiger partial charge in [0.25, 0.3) is 5.91 Å². The first-order valence-electron chi connectivity index (χ1n) is 6.38. The summed E-state index contributed by atoms with van der Waals surface area (Å²) in [5, 5.41) is 14.1. The van der Waals surface area contributed by atoms with Gasteiger partial charge in [0.05, 0.1) is 6.20 Å². The standard InChI is InChI=1S/C14H13N5OS/c20-14(13-7-16-18-17-13)19(9-12-3-5-21-10-12)8-11-2-1-4-15-6-11/h1-7,10H,8-9H2,(H,16,17,18). The van der Waals surface area contributed by atoms with Crippen LogP contribution in [0.15, 0.2) is 47.5 Å². The summed E-state index contributed by atoms with van der Waals surface area (Å²) in [7, 11) is 0. The molecule has 0 saturated heterocycles. The smallest absolute Gasteiger partial charge is 0.276 e. The number of hydrogen-bond acceptors (Lipinski definition) is 5. The predicted molar refractivity (Wildman–Crippen MR) is 78.5 cm³/mol. The van der Waals surface area contributed by atoms with Crippen LogP contribution in [0.3, 0.4) is 0 Å². The van der Waals surface area contributed by atoms with Crippen molar-refractivity contribution >= 4 is 17.2 Å². The number of H-pyrrole nitrogens is 1. The molecule has 0 radical (unpaired) electrons. The van der Waals surface area contributed by atoms with Crippen LogP contribution in [-0.2, 0) is 13.1 Å². The summed E-state index contributed by atoms with van der Waals surface area (Å²) in [5.41, 5.74) is 2.39. The lowest BCUT2D eigenvalue weighted by Crippen LogP contribution is -2.30. The molecule has 3 rings (SSSR count). The SMILES string of the molecule is O=C(c1cn[nH]n1)N(Cc1cccnc1)Cc1ccsc1. The summed E-state index contributed by atoms with van der Waals surface area (Å²) in [5.74, 6) is -0.154. The number of amides is 1. The maximum absolute atomic E-state index is 12.5. The molecular weight excluding hydrogens is 286 g/mol. The minimum Gasteiger partial charge on any atom is -0.328 e. The van der Waals surface area contributed by atoms with Crippen LogP contribution in [0.5, 0.6) is 0 Å². The van der Waals surface area contributed by atoms with Crippen molar-refractivity contribution in [2.45, 2.75) is 13.1 Å². The van der Waals surface area contributed by atoms with Gasteiger partial charge in [-0.2, -0.15) is 26.7 Å². The Kier molecular flexibility index (Phi) is 4.02. The molecule has 0 aromatic carbocycles. The van der Waals surface area contributed by atoms with E-state index in [-0.39, 0.29) is 5.91 Å². The lowest BCUT2D eigenvalue weighted by Gasteiger charge is -2.21. The summed E-state index contributed by atoms with van der Waals surface area (Å²) in [4.78, 5) is 18.3. The Balaban J connectivity index is 1.82. The molecule has 3 aromatic rings. The summed E-state index contributed by atoms with van der Waals surface area (Å²) >= 11 is 1.61. The average Bonchev–Trinajstić information content (AvgIpc) is 3.20. The molecular formula is C14H13N5OS. The molecule has 0 aliphatic heterocycles. The molecule has 3 heterocycles. The highest BCUT2D eigenvalue weighted by molar-refractivity contribution is 7.07. The second kappa shape index (κ2) is 6.27. The molecule has 0 unspecified atom stereocenters. The van der Waals surface area contributed by atoms with Crippen LogP contribution < -0.4 is 0 Å². The zero-order valence-electron chi connectivity index (χ0n) is 11.1. The van der Waals surface area contributed by atoms with Crippen molar-refractivity contribution in [3.8, 4) is 0 Å². The number of carbonyl (C=O) groups is 1. The number of aromatic nitrogens is 4. The third-order valence-electron chi connectivity index (χ3n) is 2.97. The first kappa shape index (κ1) is 13.4. The molecule has 0 spiro atoms. The molecule has 1 amide bonds. The van der Waals surface area contributed by atoms with Gasteiger partial charge in [-0.25, -0.2) is 0 Å². The Morgan fingerprint density at radius 2 is 2.14 bits per heavy atom. The third-order valence-corrected chi connectivity index (χ3v) is 3.70. The van der Waals surface area contributed by atoms with Gasteiger partial charge in [-0.15, -0.1) is 0 Å². The van der Waals surface area contributed by atoms with Crippen LogP contribution >= 0.6 is 11.3 Å². The van der Waals surface area contributed by atoms with Gasteiger partial charge in [0.2, 0.25) is 0 Å². The number of hydrogen-bond donors (Lipinski definition) is 1. The van der Waals surface area contributed by atoms with E-state index in [1.807, 2.05) is 29.0 Å². The van der Waals surface area contributed by atoms with Gasteiger partial charge in [-0.1, -0.05) is 6.07 Å². The normalized spacial score (nSPS) is 10.5. The van der Waals surface area contributed by atoms with E-state index in [2.05, 4.69) is 20.4 Å². The molecule has 21 heavy (non-hydrogen) atoms. The van der Waals surface area contributed by atoms with Crippen LogP contribution in [0.1, 0.15) is 21.6 Å². The Morgan fingerprint density at radius 1 is 1.24 bits per heavy atom. The summed E-state index contributed by atoms with van der Waals surface area (Å²) in [6.07, 6.45) is 4.91. The molecule has 0 saturated carbocycles. The van der Waals surface area contributed by atoms with Crippen molar-refractivity contribution in [1.29, 1.82) is 0 Å². The minimum atomic E-state index is -0.154. The highest BCUT2D eigenvalue weighted by Gasteiger charge is 2.19. The van der Waals surface area contributed by atoms with Crippen LogP contribution in [-0.4, -0.2) is 31.2 Å². The zero-order valence-corrected chi connectivity index (χ0v) is 12.0. The molecule has 0 atom stereocenters. The number of thiophene rings is 1. The predicted octanol–water partition coefficient (Wildman–Crippen LogP) is 2.10. The molecule has 1 N–H and O–H groups in total. The minimum absolute atomic E-state index is 0.154. The molecule has 0 fully saturated rings. The molecule has 106 valence electrons. The Hall–Kier alpha value is -2.54. The molecule has 3 aromatic heterocycles. The highest BCUT2D eigenvalue weighted by Crippen LogP contribution is 2.14. The average molecular weight is 299 g/mol.